The molecule has 0 radical (unpaired) electrons. The Kier molecular flexibility index (Phi) is 5.28. The molecule has 0 unspecified atom stereocenters. The number of benzene rings is 1. The molecule has 0 spiro atoms. The Hall–Kier alpha value is -2.89. The van der Waals surface area contributed by atoms with Crippen molar-refractivity contribution < 1.29 is 14.3 Å². The number of amides is 1. The van der Waals surface area contributed by atoms with Gasteiger partial charge in [-0.3, -0.25) is 4.79 Å². The predicted molar refractivity (Wildman–Crippen MR) is 107 cm³/mol. The van der Waals surface area contributed by atoms with Gasteiger partial charge < -0.3 is 14.5 Å². The predicted octanol–water partition coefficient (Wildman–Crippen LogP) is 3.58. The van der Waals surface area contributed by atoms with Crippen LogP contribution < -0.4 is 4.90 Å². The lowest BCUT2D eigenvalue weighted by molar-refractivity contribution is 0.0600. The minimum atomic E-state index is -0.343. The van der Waals surface area contributed by atoms with Gasteiger partial charge in [-0.25, -0.2) is 9.78 Å². The number of hydrogen-bond donors (Lipinski definition) is 0. The maximum atomic E-state index is 12.8. The van der Waals surface area contributed by atoms with Crippen LogP contribution in [0.25, 0.3) is 0 Å². The van der Waals surface area contributed by atoms with Crippen molar-refractivity contribution in [2.75, 3.05) is 31.6 Å². The number of carbonyl (C=O) groups excluding carboxylic acids is 2. The summed E-state index contributed by atoms with van der Waals surface area (Å²) in [7, 11) is 1.38. The van der Waals surface area contributed by atoms with E-state index in [1.165, 1.54) is 13.5 Å². The summed E-state index contributed by atoms with van der Waals surface area (Å²) in [4.78, 5) is 33.2. The van der Waals surface area contributed by atoms with Crippen molar-refractivity contribution in [3.63, 3.8) is 0 Å². The molecule has 28 heavy (non-hydrogen) atoms. The van der Waals surface area contributed by atoms with Gasteiger partial charge in [0.05, 0.1) is 18.2 Å². The average molecular weight is 379 g/mol. The number of hydrogen-bond acceptors (Lipinski definition) is 5. The summed E-state index contributed by atoms with van der Waals surface area (Å²) in [6, 6.07) is 9.37. The molecular weight excluding hydrogens is 354 g/mol. The van der Waals surface area contributed by atoms with Gasteiger partial charge in [0.1, 0.15) is 5.82 Å². The number of nitrogens with zero attached hydrogens (tertiary/aromatic N) is 3. The summed E-state index contributed by atoms with van der Waals surface area (Å²) in [6.07, 6.45) is 6.99. The highest BCUT2D eigenvalue weighted by Crippen LogP contribution is 2.32. The second kappa shape index (κ2) is 8.00. The zero-order valence-corrected chi connectivity index (χ0v) is 16.2. The number of likely N-dealkylation sites (tertiary alicyclic amines) is 1. The number of aromatic nitrogens is 1. The number of anilines is 2. The molecule has 2 aliphatic rings. The highest BCUT2D eigenvalue weighted by atomic mass is 16.5. The molecule has 146 valence electrons. The van der Waals surface area contributed by atoms with Crippen LogP contribution in [0.5, 0.6) is 0 Å². The minimum Gasteiger partial charge on any atom is -0.465 e. The van der Waals surface area contributed by atoms with E-state index in [0.29, 0.717) is 11.1 Å². The van der Waals surface area contributed by atoms with Crippen molar-refractivity contribution >= 4 is 23.4 Å². The summed E-state index contributed by atoms with van der Waals surface area (Å²) < 4.78 is 4.76. The Morgan fingerprint density at radius 3 is 2.43 bits per heavy atom. The van der Waals surface area contributed by atoms with Crippen LogP contribution >= 0.6 is 0 Å². The lowest BCUT2D eigenvalue weighted by Gasteiger charge is -2.31. The van der Waals surface area contributed by atoms with Gasteiger partial charge in [0, 0.05) is 31.5 Å². The van der Waals surface area contributed by atoms with Crippen LogP contribution in [0, 0.1) is 0 Å². The molecule has 4 rings (SSSR count). The second-order valence-corrected chi connectivity index (χ2v) is 7.35. The number of carbonyl (C=O) groups is 2. The van der Waals surface area contributed by atoms with Crippen LogP contribution in [-0.2, 0) is 11.2 Å². The van der Waals surface area contributed by atoms with Gasteiger partial charge in [0.2, 0.25) is 0 Å². The third-order valence-electron chi connectivity index (χ3n) is 5.52. The Labute approximate surface area is 165 Å². The standard InChI is InChI=1S/C22H25N3O3/c1-28-22(27)16-7-9-19(10-8-16)25-13-5-6-17-14-18(15-23-20(17)25)21(26)24-11-3-2-4-12-24/h7-10,14-15H,2-6,11-13H2,1H3. The fourth-order valence-corrected chi connectivity index (χ4v) is 4.01. The maximum absolute atomic E-state index is 12.8. The van der Waals surface area contributed by atoms with Gasteiger partial charge in [-0.15, -0.1) is 0 Å². The van der Waals surface area contributed by atoms with Crippen molar-refractivity contribution in [1.29, 1.82) is 0 Å². The summed E-state index contributed by atoms with van der Waals surface area (Å²) in [5.74, 6) is 0.645. The molecule has 0 saturated carbocycles. The summed E-state index contributed by atoms with van der Waals surface area (Å²) in [6.45, 7) is 2.54. The quantitative estimate of drug-likeness (QED) is 0.763. The highest BCUT2D eigenvalue weighted by molar-refractivity contribution is 5.94. The number of aryl methyl sites for hydroxylation is 1. The van der Waals surface area contributed by atoms with Crippen molar-refractivity contribution in [3.8, 4) is 0 Å². The van der Waals surface area contributed by atoms with Crippen LogP contribution in [0.15, 0.2) is 36.5 Å². The Balaban J connectivity index is 1.58. The highest BCUT2D eigenvalue weighted by Gasteiger charge is 2.24. The molecule has 1 fully saturated rings. The molecule has 2 aliphatic heterocycles. The molecule has 3 heterocycles. The number of ether oxygens (including phenoxy) is 1. The van der Waals surface area contributed by atoms with E-state index in [1.807, 2.05) is 23.1 Å². The van der Waals surface area contributed by atoms with Crippen LogP contribution in [0.3, 0.4) is 0 Å². The molecule has 0 aliphatic carbocycles. The first-order valence-corrected chi connectivity index (χ1v) is 9.91. The average Bonchev–Trinajstić information content (AvgIpc) is 2.78. The fourth-order valence-electron chi connectivity index (χ4n) is 4.01. The van der Waals surface area contributed by atoms with Crippen LogP contribution in [-0.4, -0.2) is 48.5 Å². The van der Waals surface area contributed by atoms with E-state index in [9.17, 15) is 9.59 Å². The van der Waals surface area contributed by atoms with E-state index < -0.39 is 0 Å². The van der Waals surface area contributed by atoms with Crippen molar-refractivity contribution in [1.82, 2.24) is 9.88 Å². The smallest absolute Gasteiger partial charge is 0.337 e. The van der Waals surface area contributed by atoms with Crippen molar-refractivity contribution in [2.45, 2.75) is 32.1 Å². The second-order valence-electron chi connectivity index (χ2n) is 7.35. The normalized spacial score (nSPS) is 16.5. The van der Waals surface area contributed by atoms with E-state index in [0.717, 1.165) is 62.4 Å². The molecular formula is C22H25N3O3. The largest absolute Gasteiger partial charge is 0.465 e. The zero-order chi connectivity index (χ0) is 19.5. The molecule has 0 atom stereocenters. The lowest BCUT2D eigenvalue weighted by atomic mass is 10.0. The van der Waals surface area contributed by atoms with Crippen molar-refractivity contribution in [3.05, 3.63) is 53.2 Å². The maximum Gasteiger partial charge on any atom is 0.337 e. The number of piperidine rings is 1. The molecule has 1 saturated heterocycles. The first-order valence-electron chi connectivity index (χ1n) is 9.91. The van der Waals surface area contributed by atoms with Crippen molar-refractivity contribution in [2.24, 2.45) is 0 Å². The molecule has 2 aromatic rings. The van der Waals surface area contributed by atoms with E-state index in [1.54, 1.807) is 18.3 Å². The topological polar surface area (TPSA) is 62.7 Å². The van der Waals surface area contributed by atoms with E-state index >= 15 is 0 Å². The van der Waals surface area contributed by atoms with Crippen LogP contribution in [0.4, 0.5) is 11.5 Å². The monoisotopic (exact) mass is 379 g/mol. The number of pyridine rings is 1. The van der Waals surface area contributed by atoms with Gasteiger partial charge in [0.25, 0.3) is 5.91 Å². The first-order chi connectivity index (χ1) is 13.7. The molecule has 6 nitrogen and oxygen atoms in total. The third kappa shape index (κ3) is 3.59. The van der Waals surface area contributed by atoms with Gasteiger partial charge in [-0.2, -0.15) is 0 Å². The number of methoxy groups -OCH3 is 1. The summed E-state index contributed by atoms with van der Waals surface area (Å²) in [5, 5.41) is 0. The van der Waals surface area contributed by atoms with E-state index in [4.69, 9.17) is 4.74 Å². The zero-order valence-electron chi connectivity index (χ0n) is 16.2. The molecule has 6 heteroatoms. The Morgan fingerprint density at radius 2 is 1.71 bits per heavy atom. The van der Waals surface area contributed by atoms with Gasteiger partial charge in [-0.05, 0) is 68.0 Å². The molecule has 1 amide bonds. The number of rotatable bonds is 3. The number of esters is 1. The molecule has 0 N–H and O–H groups in total. The first kappa shape index (κ1) is 18.5. The fraction of sp³-hybridized carbons (Fsp3) is 0.409. The van der Waals surface area contributed by atoms with Crippen LogP contribution in [0.1, 0.15) is 52.0 Å². The van der Waals surface area contributed by atoms with Gasteiger partial charge in [-0.1, -0.05) is 0 Å². The van der Waals surface area contributed by atoms with Gasteiger partial charge >= 0.3 is 5.97 Å². The Morgan fingerprint density at radius 1 is 0.964 bits per heavy atom. The molecule has 1 aromatic heterocycles. The van der Waals surface area contributed by atoms with Crippen LogP contribution in [0.2, 0.25) is 0 Å². The number of fused-ring (bicyclic) bond motifs is 1. The lowest BCUT2D eigenvalue weighted by Crippen LogP contribution is -2.36. The minimum absolute atomic E-state index is 0.0922. The molecule has 0 bridgehead atoms. The summed E-state index contributed by atoms with van der Waals surface area (Å²) in [5.41, 5.74) is 3.30. The SMILES string of the molecule is COC(=O)c1ccc(N2CCCc3cc(C(=O)N4CCCCC4)cnc32)cc1. The third-order valence-corrected chi connectivity index (χ3v) is 5.52. The summed E-state index contributed by atoms with van der Waals surface area (Å²) >= 11 is 0. The van der Waals surface area contributed by atoms with E-state index in [2.05, 4.69) is 9.88 Å². The van der Waals surface area contributed by atoms with Gasteiger partial charge in [0.15, 0.2) is 0 Å². The van der Waals surface area contributed by atoms with E-state index in [-0.39, 0.29) is 11.9 Å². The Bertz CT molecular complexity index is 873. The molecule has 1 aromatic carbocycles.